The zero-order valence-corrected chi connectivity index (χ0v) is 25.6. The van der Waals surface area contributed by atoms with Crippen LogP contribution in [0.2, 0.25) is 0 Å². The topological polar surface area (TPSA) is 29.5 Å². The molecule has 2 aromatic heterocycles. The van der Waals surface area contributed by atoms with Crippen LogP contribution in [0, 0.1) is 0 Å². The molecule has 0 saturated carbocycles. The number of furan rings is 2. The zero-order chi connectivity index (χ0) is 30.9. The molecule has 3 heterocycles. The first-order valence-corrected chi connectivity index (χ1v) is 16.2. The van der Waals surface area contributed by atoms with Crippen LogP contribution in [-0.4, -0.2) is 0 Å². The summed E-state index contributed by atoms with van der Waals surface area (Å²) in [5.41, 5.74) is 14.7. The van der Waals surface area contributed by atoms with E-state index in [1.54, 1.807) is 0 Å². The van der Waals surface area contributed by atoms with Crippen molar-refractivity contribution in [3.8, 4) is 33.4 Å². The predicted molar refractivity (Wildman–Crippen MR) is 194 cm³/mol. The summed E-state index contributed by atoms with van der Waals surface area (Å²) in [5, 5.41) is 4.61. The lowest BCUT2D eigenvalue weighted by Crippen LogP contribution is -2.20. The number of fused-ring (bicyclic) bond motifs is 9. The van der Waals surface area contributed by atoms with Gasteiger partial charge in [0.05, 0.1) is 0 Å². The Bertz CT molecular complexity index is 2640. The molecule has 9 aromatic rings. The van der Waals surface area contributed by atoms with E-state index in [-0.39, 0.29) is 0 Å². The van der Waals surface area contributed by atoms with Gasteiger partial charge in [-0.15, -0.1) is 0 Å². The maximum atomic E-state index is 6.46. The molecule has 0 bridgehead atoms. The molecule has 0 unspecified atom stereocenters. The van der Waals surface area contributed by atoms with Gasteiger partial charge in [-0.25, -0.2) is 0 Å². The smallest absolute Gasteiger partial charge is 0.143 e. The van der Waals surface area contributed by atoms with Crippen molar-refractivity contribution in [1.29, 1.82) is 0 Å². The van der Waals surface area contributed by atoms with Crippen molar-refractivity contribution in [2.45, 2.75) is 13.1 Å². The highest BCUT2D eigenvalue weighted by molar-refractivity contribution is 6.13. The summed E-state index contributed by atoms with van der Waals surface area (Å²) in [4.78, 5) is 2.49. The Morgan fingerprint density at radius 2 is 1.06 bits per heavy atom. The second kappa shape index (κ2) is 10.2. The van der Waals surface area contributed by atoms with Crippen LogP contribution >= 0.6 is 0 Å². The van der Waals surface area contributed by atoms with Crippen LogP contribution in [0.25, 0.3) is 77.3 Å². The maximum absolute atomic E-state index is 6.46. The monoisotopic (exact) mass is 603 g/mol. The van der Waals surface area contributed by atoms with Crippen molar-refractivity contribution in [2.75, 3.05) is 4.90 Å². The molecular formula is C44H29NO2. The van der Waals surface area contributed by atoms with Crippen molar-refractivity contribution < 1.29 is 8.83 Å². The first-order valence-electron chi connectivity index (χ1n) is 16.2. The van der Waals surface area contributed by atoms with Crippen molar-refractivity contribution in [3.05, 3.63) is 163 Å². The minimum absolute atomic E-state index is 0.804. The fourth-order valence-electron chi connectivity index (χ4n) is 7.57. The molecule has 10 rings (SSSR count). The number of hydrogen-bond acceptors (Lipinski definition) is 3. The summed E-state index contributed by atoms with van der Waals surface area (Å²) in [5.74, 6) is 0. The van der Waals surface area contributed by atoms with Crippen LogP contribution in [0.3, 0.4) is 0 Å². The molecule has 0 atom stereocenters. The van der Waals surface area contributed by atoms with Crippen LogP contribution in [0.15, 0.2) is 160 Å². The minimum Gasteiger partial charge on any atom is -0.456 e. The van der Waals surface area contributed by atoms with Gasteiger partial charge in [0, 0.05) is 45.9 Å². The summed E-state index contributed by atoms with van der Waals surface area (Å²) in [6.07, 6.45) is 0. The number of para-hydroxylation sites is 4. The quantitative estimate of drug-likeness (QED) is 0.201. The Balaban J connectivity index is 1.17. The highest BCUT2D eigenvalue weighted by Gasteiger charge is 2.23. The normalized spacial score (nSPS) is 12.9. The van der Waals surface area contributed by atoms with Crippen LogP contribution in [0.1, 0.15) is 11.1 Å². The molecule has 3 heteroatoms. The van der Waals surface area contributed by atoms with E-state index in [0.29, 0.717) is 0 Å². The third kappa shape index (κ3) is 4.13. The number of anilines is 1. The standard InChI is InChI=1S/C44H29NO2/c1-2-10-32(11-3-1)45-26-30-21-20-29(35-15-8-16-37-36-12-4-6-17-40(36)47-44(35)37)25-39(30)33-23-22-28(24-31(33)27-45)34-14-9-19-42-43(34)38-13-5-7-18-41(38)46-42/h1-25H,26-27H2. The van der Waals surface area contributed by atoms with E-state index >= 15 is 0 Å². The Morgan fingerprint density at radius 3 is 1.96 bits per heavy atom. The fourth-order valence-corrected chi connectivity index (χ4v) is 7.57. The lowest BCUT2D eigenvalue weighted by atomic mass is 9.90. The lowest BCUT2D eigenvalue weighted by molar-refractivity contribution is 0.669. The third-order valence-electron chi connectivity index (χ3n) is 9.78. The van der Waals surface area contributed by atoms with Crippen LogP contribution < -0.4 is 4.90 Å². The Kier molecular flexibility index (Phi) is 5.70. The van der Waals surface area contributed by atoms with Gasteiger partial charge in [-0.05, 0) is 81.4 Å². The highest BCUT2D eigenvalue weighted by Crippen LogP contribution is 2.43. The molecule has 222 valence electrons. The van der Waals surface area contributed by atoms with Crippen molar-refractivity contribution in [1.82, 2.24) is 0 Å². The molecule has 0 aliphatic carbocycles. The molecule has 0 spiro atoms. The van der Waals surface area contributed by atoms with Crippen molar-refractivity contribution in [3.63, 3.8) is 0 Å². The average molecular weight is 604 g/mol. The largest absolute Gasteiger partial charge is 0.456 e. The van der Waals surface area contributed by atoms with Crippen molar-refractivity contribution in [2.24, 2.45) is 0 Å². The Hall–Kier alpha value is -6.06. The van der Waals surface area contributed by atoms with E-state index in [1.165, 1.54) is 44.5 Å². The molecule has 7 aromatic carbocycles. The fraction of sp³-hybridized carbons (Fsp3) is 0.0455. The highest BCUT2D eigenvalue weighted by atomic mass is 16.3. The number of benzene rings is 7. The second-order valence-corrected chi connectivity index (χ2v) is 12.5. The van der Waals surface area contributed by atoms with Gasteiger partial charge >= 0.3 is 0 Å². The van der Waals surface area contributed by atoms with E-state index in [9.17, 15) is 0 Å². The van der Waals surface area contributed by atoms with Gasteiger partial charge in [0.1, 0.15) is 22.3 Å². The molecule has 0 saturated heterocycles. The number of hydrogen-bond donors (Lipinski definition) is 0. The van der Waals surface area contributed by atoms with Gasteiger partial charge in [0.25, 0.3) is 0 Å². The van der Waals surface area contributed by atoms with Crippen molar-refractivity contribution >= 4 is 49.6 Å². The SMILES string of the molecule is c1ccc(N2Cc3cc(-c4cccc5oc6ccccc6c45)ccc3-c3cc(-c4cccc5c4oc4ccccc45)ccc3C2)cc1. The van der Waals surface area contributed by atoms with Crippen LogP contribution in [-0.2, 0) is 13.1 Å². The van der Waals surface area contributed by atoms with E-state index in [1.807, 2.05) is 18.2 Å². The third-order valence-corrected chi connectivity index (χ3v) is 9.78. The molecule has 1 aliphatic heterocycles. The van der Waals surface area contributed by atoms with Gasteiger partial charge in [-0.1, -0.05) is 109 Å². The Labute approximate surface area is 271 Å². The van der Waals surface area contributed by atoms with Gasteiger partial charge in [-0.2, -0.15) is 0 Å². The van der Waals surface area contributed by atoms with Crippen LogP contribution in [0.4, 0.5) is 5.69 Å². The summed E-state index contributed by atoms with van der Waals surface area (Å²) >= 11 is 0. The minimum atomic E-state index is 0.804. The van der Waals surface area contributed by atoms with Gasteiger partial charge in [0.15, 0.2) is 0 Å². The lowest BCUT2D eigenvalue weighted by Gasteiger charge is -2.24. The summed E-state index contributed by atoms with van der Waals surface area (Å²) in [6.45, 7) is 1.62. The van der Waals surface area contributed by atoms with Gasteiger partial charge in [-0.3, -0.25) is 0 Å². The molecule has 0 fully saturated rings. The summed E-state index contributed by atoms with van der Waals surface area (Å²) in [7, 11) is 0. The molecule has 3 nitrogen and oxygen atoms in total. The van der Waals surface area contributed by atoms with Crippen LogP contribution in [0.5, 0.6) is 0 Å². The molecule has 1 aliphatic rings. The van der Waals surface area contributed by atoms with E-state index < -0.39 is 0 Å². The summed E-state index contributed by atoms with van der Waals surface area (Å²) in [6, 6.07) is 54.2. The summed E-state index contributed by atoms with van der Waals surface area (Å²) < 4.78 is 12.7. The van der Waals surface area contributed by atoms with E-state index in [0.717, 1.165) is 62.7 Å². The molecular weight excluding hydrogens is 574 g/mol. The maximum Gasteiger partial charge on any atom is 0.143 e. The zero-order valence-electron chi connectivity index (χ0n) is 25.6. The first-order chi connectivity index (χ1) is 23.3. The van der Waals surface area contributed by atoms with Gasteiger partial charge in [0.2, 0.25) is 0 Å². The van der Waals surface area contributed by atoms with Gasteiger partial charge < -0.3 is 13.7 Å². The Morgan fingerprint density at radius 1 is 0.404 bits per heavy atom. The predicted octanol–water partition coefficient (Wildman–Crippen LogP) is 12.0. The molecule has 47 heavy (non-hydrogen) atoms. The molecule has 0 radical (unpaired) electrons. The average Bonchev–Trinajstić information content (AvgIpc) is 3.65. The van der Waals surface area contributed by atoms with E-state index in [4.69, 9.17) is 8.83 Å². The molecule has 0 N–H and O–H groups in total. The number of nitrogens with zero attached hydrogens (tertiary/aromatic N) is 1. The second-order valence-electron chi connectivity index (χ2n) is 12.5. The van der Waals surface area contributed by atoms with E-state index in [2.05, 4.69) is 138 Å². The first kappa shape index (κ1) is 26.2. The number of rotatable bonds is 3. The molecule has 0 amide bonds.